The van der Waals surface area contributed by atoms with Gasteiger partial charge >= 0.3 is 0 Å². The Bertz CT molecular complexity index is 543. The fourth-order valence-electron chi connectivity index (χ4n) is 1.65. The highest BCUT2D eigenvalue weighted by Crippen LogP contribution is 2.17. The minimum atomic E-state index is -0.182. The standard InChI is InChI=1S/C14H16N2O2/c1-10-3-5-11(6-4-10)16(2)14(17)13-8-7-12(9-15)18-13/h3-8H,9,15H2,1-2H3. The van der Waals surface area contributed by atoms with Crippen molar-refractivity contribution in [1.82, 2.24) is 0 Å². The van der Waals surface area contributed by atoms with Crippen LogP contribution in [0.2, 0.25) is 0 Å². The molecule has 0 aliphatic rings. The number of anilines is 1. The number of amides is 1. The van der Waals surface area contributed by atoms with Crippen LogP contribution in [-0.4, -0.2) is 13.0 Å². The molecule has 1 amide bonds. The van der Waals surface area contributed by atoms with Crippen molar-refractivity contribution in [3.05, 3.63) is 53.5 Å². The summed E-state index contributed by atoms with van der Waals surface area (Å²) in [7, 11) is 1.72. The summed E-state index contributed by atoms with van der Waals surface area (Å²) >= 11 is 0. The molecule has 1 aromatic carbocycles. The lowest BCUT2D eigenvalue weighted by molar-refractivity contribution is 0.0965. The summed E-state index contributed by atoms with van der Waals surface area (Å²) in [6.45, 7) is 2.30. The van der Waals surface area contributed by atoms with Crippen molar-refractivity contribution < 1.29 is 9.21 Å². The van der Waals surface area contributed by atoms with Crippen molar-refractivity contribution in [2.45, 2.75) is 13.5 Å². The molecule has 0 atom stereocenters. The number of rotatable bonds is 3. The molecule has 2 N–H and O–H groups in total. The molecule has 0 fully saturated rings. The summed E-state index contributed by atoms with van der Waals surface area (Å²) in [5.74, 6) is 0.729. The number of nitrogens with zero attached hydrogens (tertiary/aromatic N) is 1. The van der Waals surface area contributed by atoms with Gasteiger partial charge in [0.25, 0.3) is 5.91 Å². The summed E-state index contributed by atoms with van der Waals surface area (Å²) in [5.41, 5.74) is 7.43. The number of nitrogens with two attached hydrogens (primary N) is 1. The first-order valence-corrected chi connectivity index (χ1v) is 5.75. The van der Waals surface area contributed by atoms with Gasteiger partial charge in [-0.25, -0.2) is 0 Å². The molecule has 94 valence electrons. The van der Waals surface area contributed by atoms with Gasteiger partial charge in [0, 0.05) is 12.7 Å². The van der Waals surface area contributed by atoms with Crippen LogP contribution in [0.25, 0.3) is 0 Å². The van der Waals surface area contributed by atoms with Crippen molar-refractivity contribution in [2.24, 2.45) is 5.73 Å². The third kappa shape index (κ3) is 2.43. The van der Waals surface area contributed by atoms with Crippen LogP contribution in [0.15, 0.2) is 40.8 Å². The lowest BCUT2D eigenvalue weighted by Gasteiger charge is -2.15. The summed E-state index contributed by atoms with van der Waals surface area (Å²) in [5, 5.41) is 0. The van der Waals surface area contributed by atoms with Gasteiger partial charge in [-0.05, 0) is 31.2 Å². The van der Waals surface area contributed by atoms with Crippen LogP contribution in [0.1, 0.15) is 21.9 Å². The van der Waals surface area contributed by atoms with Gasteiger partial charge in [-0.2, -0.15) is 0 Å². The van der Waals surface area contributed by atoms with Crippen LogP contribution in [0.4, 0.5) is 5.69 Å². The molecule has 0 aliphatic carbocycles. The maximum absolute atomic E-state index is 12.2. The van der Waals surface area contributed by atoms with Gasteiger partial charge in [-0.15, -0.1) is 0 Å². The molecule has 4 nitrogen and oxygen atoms in total. The molecular weight excluding hydrogens is 228 g/mol. The minimum Gasteiger partial charge on any atom is -0.455 e. The SMILES string of the molecule is Cc1ccc(N(C)C(=O)c2ccc(CN)o2)cc1. The van der Waals surface area contributed by atoms with Crippen LogP contribution in [-0.2, 0) is 6.54 Å². The minimum absolute atomic E-state index is 0.182. The summed E-state index contributed by atoms with van der Waals surface area (Å²) in [4.78, 5) is 13.7. The van der Waals surface area contributed by atoms with E-state index in [1.165, 1.54) is 0 Å². The van der Waals surface area contributed by atoms with Crippen LogP contribution in [0, 0.1) is 6.92 Å². The first-order valence-electron chi connectivity index (χ1n) is 5.75. The van der Waals surface area contributed by atoms with E-state index < -0.39 is 0 Å². The van der Waals surface area contributed by atoms with E-state index in [0.29, 0.717) is 18.1 Å². The fourth-order valence-corrected chi connectivity index (χ4v) is 1.65. The quantitative estimate of drug-likeness (QED) is 0.901. The maximum atomic E-state index is 12.2. The molecule has 1 heterocycles. The van der Waals surface area contributed by atoms with Gasteiger partial charge in [0.15, 0.2) is 5.76 Å². The van der Waals surface area contributed by atoms with Crippen molar-refractivity contribution in [3.63, 3.8) is 0 Å². The number of hydrogen-bond acceptors (Lipinski definition) is 3. The van der Waals surface area contributed by atoms with Gasteiger partial charge in [0.1, 0.15) is 5.76 Å². The number of aryl methyl sites for hydroxylation is 1. The van der Waals surface area contributed by atoms with E-state index in [0.717, 1.165) is 11.3 Å². The molecule has 0 unspecified atom stereocenters. The van der Waals surface area contributed by atoms with Crippen molar-refractivity contribution in [2.75, 3.05) is 11.9 Å². The average molecular weight is 244 g/mol. The Hall–Kier alpha value is -2.07. The molecule has 0 spiro atoms. The van der Waals surface area contributed by atoms with Gasteiger partial charge in [0.2, 0.25) is 0 Å². The largest absolute Gasteiger partial charge is 0.455 e. The second kappa shape index (κ2) is 5.06. The maximum Gasteiger partial charge on any atom is 0.293 e. The van der Waals surface area contributed by atoms with E-state index in [1.54, 1.807) is 24.1 Å². The Balaban J connectivity index is 2.20. The van der Waals surface area contributed by atoms with Crippen LogP contribution >= 0.6 is 0 Å². The number of benzene rings is 1. The molecule has 2 rings (SSSR count). The molecule has 0 saturated heterocycles. The first kappa shape index (κ1) is 12.4. The van der Waals surface area contributed by atoms with Crippen LogP contribution < -0.4 is 10.6 Å². The zero-order valence-corrected chi connectivity index (χ0v) is 10.5. The van der Waals surface area contributed by atoms with Gasteiger partial charge in [-0.1, -0.05) is 17.7 Å². The Morgan fingerprint density at radius 3 is 2.44 bits per heavy atom. The molecule has 2 aromatic rings. The average Bonchev–Trinajstić information content (AvgIpc) is 2.86. The highest BCUT2D eigenvalue weighted by atomic mass is 16.4. The molecule has 0 saturated carbocycles. The zero-order chi connectivity index (χ0) is 13.1. The first-order chi connectivity index (χ1) is 8.61. The Kier molecular flexibility index (Phi) is 3.48. The lowest BCUT2D eigenvalue weighted by Crippen LogP contribution is -2.25. The van der Waals surface area contributed by atoms with Crippen LogP contribution in [0.5, 0.6) is 0 Å². The van der Waals surface area contributed by atoms with Crippen molar-refractivity contribution in [3.8, 4) is 0 Å². The highest BCUT2D eigenvalue weighted by Gasteiger charge is 2.16. The van der Waals surface area contributed by atoms with Crippen molar-refractivity contribution >= 4 is 11.6 Å². The number of carbonyl (C=O) groups is 1. The van der Waals surface area contributed by atoms with E-state index in [9.17, 15) is 4.79 Å². The molecule has 0 bridgehead atoms. The lowest BCUT2D eigenvalue weighted by atomic mass is 10.2. The topological polar surface area (TPSA) is 59.5 Å². The Labute approximate surface area is 106 Å². The molecule has 4 heteroatoms. The smallest absolute Gasteiger partial charge is 0.293 e. The molecule has 0 aliphatic heterocycles. The van der Waals surface area contributed by atoms with Gasteiger partial charge in [0.05, 0.1) is 6.54 Å². The molecule has 0 radical (unpaired) electrons. The number of carbonyl (C=O) groups excluding carboxylic acids is 1. The third-order valence-corrected chi connectivity index (χ3v) is 2.80. The number of furan rings is 1. The summed E-state index contributed by atoms with van der Waals surface area (Å²) in [6.07, 6.45) is 0. The van der Waals surface area contributed by atoms with E-state index in [1.807, 2.05) is 31.2 Å². The molecule has 18 heavy (non-hydrogen) atoms. The van der Waals surface area contributed by atoms with E-state index in [2.05, 4.69) is 0 Å². The highest BCUT2D eigenvalue weighted by molar-refractivity contribution is 6.03. The van der Waals surface area contributed by atoms with E-state index in [4.69, 9.17) is 10.2 Å². The van der Waals surface area contributed by atoms with Gasteiger partial charge in [-0.3, -0.25) is 4.79 Å². The summed E-state index contributed by atoms with van der Waals surface area (Å²) < 4.78 is 5.34. The van der Waals surface area contributed by atoms with E-state index in [-0.39, 0.29) is 5.91 Å². The Morgan fingerprint density at radius 2 is 1.89 bits per heavy atom. The molecular formula is C14H16N2O2. The normalized spacial score (nSPS) is 10.4. The van der Waals surface area contributed by atoms with Crippen molar-refractivity contribution in [1.29, 1.82) is 0 Å². The zero-order valence-electron chi connectivity index (χ0n) is 10.5. The summed E-state index contributed by atoms with van der Waals surface area (Å²) in [6, 6.07) is 11.1. The second-order valence-electron chi connectivity index (χ2n) is 4.17. The third-order valence-electron chi connectivity index (χ3n) is 2.80. The Morgan fingerprint density at radius 1 is 1.22 bits per heavy atom. The predicted octanol–water partition coefficient (Wildman–Crippen LogP) is 2.32. The monoisotopic (exact) mass is 244 g/mol. The second-order valence-corrected chi connectivity index (χ2v) is 4.17. The predicted molar refractivity (Wildman–Crippen MR) is 70.5 cm³/mol. The van der Waals surface area contributed by atoms with E-state index >= 15 is 0 Å². The van der Waals surface area contributed by atoms with Crippen LogP contribution in [0.3, 0.4) is 0 Å². The van der Waals surface area contributed by atoms with Gasteiger partial charge < -0.3 is 15.1 Å². The fraction of sp³-hybridized carbons (Fsp3) is 0.214. The molecule has 1 aromatic heterocycles. The number of hydrogen-bond donors (Lipinski definition) is 1.